The first-order chi connectivity index (χ1) is 14.5. The maximum atomic E-state index is 12.5. The van der Waals surface area contributed by atoms with Gasteiger partial charge in [0.25, 0.3) is 0 Å². The molecule has 0 spiro atoms. The van der Waals surface area contributed by atoms with Gasteiger partial charge in [0.2, 0.25) is 5.91 Å². The molecule has 1 saturated heterocycles. The van der Waals surface area contributed by atoms with Crippen molar-refractivity contribution in [3.8, 4) is 0 Å². The van der Waals surface area contributed by atoms with E-state index in [1.54, 1.807) is 0 Å². The summed E-state index contributed by atoms with van der Waals surface area (Å²) >= 11 is 0. The quantitative estimate of drug-likeness (QED) is 0.727. The van der Waals surface area contributed by atoms with E-state index >= 15 is 0 Å². The minimum Gasteiger partial charge on any atom is -0.311 e. The van der Waals surface area contributed by atoms with E-state index in [-0.39, 0.29) is 5.91 Å². The zero-order chi connectivity index (χ0) is 21.0. The van der Waals surface area contributed by atoms with Crippen LogP contribution >= 0.6 is 0 Å². The van der Waals surface area contributed by atoms with Crippen molar-refractivity contribution in [1.29, 1.82) is 0 Å². The Kier molecular flexibility index (Phi) is 6.57. The summed E-state index contributed by atoms with van der Waals surface area (Å²) < 4.78 is 2.04. The van der Waals surface area contributed by atoms with Gasteiger partial charge in [0.15, 0.2) is 0 Å². The second-order valence-electron chi connectivity index (χ2n) is 9.88. The topological polar surface area (TPSA) is 50.2 Å². The van der Waals surface area contributed by atoms with Gasteiger partial charge in [0.05, 0.1) is 12.2 Å². The molecule has 1 amide bonds. The molecule has 1 N–H and O–H groups in total. The molecule has 162 valence electrons. The Labute approximate surface area is 180 Å². The summed E-state index contributed by atoms with van der Waals surface area (Å²) in [6.45, 7) is 7.10. The summed E-state index contributed by atoms with van der Waals surface area (Å²) in [6, 6.07) is 13.2. The van der Waals surface area contributed by atoms with Gasteiger partial charge in [-0.25, -0.2) is 4.68 Å². The summed E-state index contributed by atoms with van der Waals surface area (Å²) in [6.07, 6.45) is 10.7. The number of piperidine rings is 1. The Bertz CT molecular complexity index is 821. The number of carbonyl (C=O) groups is 1. The Hall–Kier alpha value is -2.14. The van der Waals surface area contributed by atoms with E-state index < -0.39 is 0 Å². The number of aryl methyl sites for hydroxylation is 1. The van der Waals surface area contributed by atoms with Gasteiger partial charge in [0, 0.05) is 31.6 Å². The van der Waals surface area contributed by atoms with Gasteiger partial charge in [-0.15, -0.1) is 0 Å². The highest BCUT2D eigenvalue weighted by Crippen LogP contribution is 2.38. The van der Waals surface area contributed by atoms with E-state index in [0.29, 0.717) is 17.9 Å². The number of aromatic nitrogens is 2. The second kappa shape index (κ2) is 9.34. The van der Waals surface area contributed by atoms with Crippen LogP contribution < -0.4 is 5.32 Å². The van der Waals surface area contributed by atoms with E-state index in [4.69, 9.17) is 0 Å². The molecular weight excluding hydrogens is 372 g/mol. The van der Waals surface area contributed by atoms with Crippen LogP contribution in [0.2, 0.25) is 0 Å². The summed E-state index contributed by atoms with van der Waals surface area (Å²) in [4.78, 5) is 15.2. The smallest absolute Gasteiger partial charge is 0.225 e. The molecule has 30 heavy (non-hydrogen) atoms. The third-order valence-electron chi connectivity index (χ3n) is 6.96. The van der Waals surface area contributed by atoms with Gasteiger partial charge in [0.1, 0.15) is 5.82 Å². The van der Waals surface area contributed by atoms with Crippen LogP contribution in [-0.4, -0.2) is 39.7 Å². The highest BCUT2D eigenvalue weighted by Gasteiger charge is 2.33. The molecule has 1 atom stereocenters. The molecule has 0 radical (unpaired) electrons. The molecule has 1 aliphatic heterocycles. The van der Waals surface area contributed by atoms with Crippen LogP contribution in [0.15, 0.2) is 42.6 Å². The van der Waals surface area contributed by atoms with Gasteiger partial charge in [-0.05, 0) is 49.5 Å². The molecule has 2 heterocycles. The van der Waals surface area contributed by atoms with Crippen molar-refractivity contribution in [2.75, 3.05) is 18.4 Å². The number of hydrogen-bond donors (Lipinski definition) is 1. The van der Waals surface area contributed by atoms with Gasteiger partial charge in [-0.1, -0.05) is 50.6 Å². The summed E-state index contributed by atoms with van der Waals surface area (Å²) in [5.74, 6) is 0.896. The predicted molar refractivity (Wildman–Crippen MR) is 122 cm³/mol. The Morgan fingerprint density at radius 3 is 2.60 bits per heavy atom. The van der Waals surface area contributed by atoms with Gasteiger partial charge in [-0.3, -0.25) is 4.79 Å². The van der Waals surface area contributed by atoms with E-state index in [1.165, 1.54) is 31.2 Å². The molecule has 1 aromatic carbocycles. The first-order valence-corrected chi connectivity index (χ1v) is 11.6. The number of nitrogens with one attached hydrogen (secondary N) is 1. The predicted octanol–water partition coefficient (Wildman–Crippen LogP) is 5.06. The van der Waals surface area contributed by atoms with Gasteiger partial charge >= 0.3 is 0 Å². The number of carbonyl (C=O) groups excluding carboxylic acids is 1. The number of hydrogen-bond acceptors (Lipinski definition) is 3. The Morgan fingerprint density at radius 1 is 1.10 bits per heavy atom. The van der Waals surface area contributed by atoms with E-state index in [2.05, 4.69) is 41.3 Å². The van der Waals surface area contributed by atoms with Crippen LogP contribution in [0.5, 0.6) is 0 Å². The standard InChI is InChI=1S/C25H36N4O/c1-25(2)15-6-9-22(19-25)28-17-13-21(14-18-28)29-23(12-16-26-29)27-24(30)11-10-20-7-4-3-5-8-20/h3-5,7-8,12,16,21-22H,6,9-11,13-15,17-19H2,1-2H3,(H,27,30)/t22-/m1/s1. The highest BCUT2D eigenvalue weighted by molar-refractivity contribution is 5.89. The maximum absolute atomic E-state index is 12.5. The number of benzene rings is 1. The molecule has 1 aromatic heterocycles. The van der Waals surface area contributed by atoms with E-state index in [1.807, 2.05) is 35.1 Å². The fraction of sp³-hybridized carbons (Fsp3) is 0.600. The second-order valence-corrected chi connectivity index (χ2v) is 9.88. The zero-order valence-electron chi connectivity index (χ0n) is 18.5. The van der Waals surface area contributed by atoms with Crippen molar-refractivity contribution in [1.82, 2.24) is 14.7 Å². The molecular formula is C25H36N4O. The molecule has 0 unspecified atom stereocenters. The van der Waals surface area contributed by atoms with Gasteiger partial charge in [-0.2, -0.15) is 5.10 Å². The zero-order valence-corrected chi connectivity index (χ0v) is 18.5. The molecule has 2 aliphatic rings. The van der Waals surface area contributed by atoms with Crippen molar-refractivity contribution in [2.45, 2.75) is 77.3 Å². The lowest BCUT2D eigenvalue weighted by Gasteiger charge is -2.44. The first kappa shape index (κ1) is 21.1. The Morgan fingerprint density at radius 2 is 1.87 bits per heavy atom. The van der Waals surface area contributed by atoms with Crippen LogP contribution in [0.25, 0.3) is 0 Å². The summed E-state index contributed by atoms with van der Waals surface area (Å²) in [5, 5.41) is 7.65. The molecule has 2 fully saturated rings. The average Bonchev–Trinajstić information content (AvgIpc) is 3.20. The molecule has 4 rings (SSSR count). The molecule has 5 nitrogen and oxygen atoms in total. The average molecular weight is 409 g/mol. The molecule has 0 bridgehead atoms. The number of anilines is 1. The molecule has 2 aromatic rings. The van der Waals surface area contributed by atoms with Crippen molar-refractivity contribution in [3.05, 3.63) is 48.2 Å². The number of likely N-dealkylation sites (tertiary alicyclic amines) is 1. The SMILES string of the molecule is CC1(C)CCC[C@@H](N2CCC(n3nccc3NC(=O)CCc3ccccc3)CC2)C1. The highest BCUT2D eigenvalue weighted by atomic mass is 16.1. The van der Waals surface area contributed by atoms with Crippen molar-refractivity contribution in [3.63, 3.8) is 0 Å². The molecule has 1 aliphatic carbocycles. The Balaban J connectivity index is 1.29. The fourth-order valence-corrected chi connectivity index (χ4v) is 5.28. The maximum Gasteiger partial charge on any atom is 0.225 e. The third-order valence-corrected chi connectivity index (χ3v) is 6.96. The minimum atomic E-state index is 0.0578. The van der Waals surface area contributed by atoms with Crippen LogP contribution in [0, 0.1) is 5.41 Å². The molecule has 5 heteroatoms. The third kappa shape index (κ3) is 5.31. The van der Waals surface area contributed by atoms with E-state index in [0.717, 1.165) is 44.2 Å². The van der Waals surface area contributed by atoms with Crippen molar-refractivity contribution >= 4 is 11.7 Å². The lowest BCUT2D eigenvalue weighted by molar-refractivity contribution is -0.116. The fourth-order valence-electron chi connectivity index (χ4n) is 5.28. The minimum absolute atomic E-state index is 0.0578. The summed E-state index contributed by atoms with van der Waals surface area (Å²) in [5.41, 5.74) is 1.68. The normalized spacial score (nSPS) is 22.7. The number of nitrogens with zero attached hydrogens (tertiary/aromatic N) is 3. The lowest BCUT2D eigenvalue weighted by atomic mass is 9.74. The lowest BCUT2D eigenvalue weighted by Crippen LogP contribution is -2.45. The van der Waals surface area contributed by atoms with Crippen LogP contribution in [0.4, 0.5) is 5.82 Å². The number of rotatable bonds is 6. The largest absolute Gasteiger partial charge is 0.311 e. The number of amides is 1. The van der Waals surface area contributed by atoms with Crippen LogP contribution in [-0.2, 0) is 11.2 Å². The van der Waals surface area contributed by atoms with Crippen LogP contribution in [0.3, 0.4) is 0 Å². The summed E-state index contributed by atoms with van der Waals surface area (Å²) in [7, 11) is 0. The van der Waals surface area contributed by atoms with Gasteiger partial charge < -0.3 is 10.2 Å². The van der Waals surface area contributed by atoms with E-state index in [9.17, 15) is 4.79 Å². The first-order valence-electron chi connectivity index (χ1n) is 11.6. The van der Waals surface area contributed by atoms with Crippen molar-refractivity contribution in [2.24, 2.45) is 5.41 Å². The molecule has 1 saturated carbocycles. The monoisotopic (exact) mass is 408 g/mol. The van der Waals surface area contributed by atoms with Crippen LogP contribution in [0.1, 0.15) is 70.4 Å². The van der Waals surface area contributed by atoms with Crippen molar-refractivity contribution < 1.29 is 4.79 Å².